The minimum atomic E-state index is -0.182. The molecule has 0 spiro atoms. The van der Waals surface area contributed by atoms with Crippen LogP contribution in [-0.2, 0) is 16.8 Å². The first-order valence-corrected chi connectivity index (χ1v) is 7.78. The third-order valence-electron chi connectivity index (χ3n) is 3.07. The van der Waals surface area contributed by atoms with E-state index in [0.717, 1.165) is 43.0 Å². The molecule has 0 fully saturated rings. The normalized spacial score (nSPS) is 12.0. The smallest absolute Gasteiger partial charge is 0.125 e. The molecule has 17 heavy (non-hydrogen) atoms. The zero-order valence-corrected chi connectivity index (χ0v) is 12.5. The molecule has 0 N–H and O–H groups in total. The van der Waals surface area contributed by atoms with Crippen LogP contribution in [0.25, 0.3) is 0 Å². The number of hydrogen-bond acceptors (Lipinski definition) is 3. The Labute approximate surface area is 113 Å². The fourth-order valence-electron chi connectivity index (χ4n) is 1.97. The van der Waals surface area contributed by atoms with E-state index in [1.807, 2.05) is 6.92 Å². The van der Waals surface area contributed by atoms with Crippen molar-refractivity contribution < 1.29 is 4.74 Å². The van der Waals surface area contributed by atoms with E-state index >= 15 is 0 Å². The number of thiazole rings is 1. The second-order valence-electron chi connectivity index (χ2n) is 4.07. The lowest BCUT2D eigenvalue weighted by Crippen LogP contribution is -2.28. The first kappa shape index (κ1) is 14.9. The van der Waals surface area contributed by atoms with Gasteiger partial charge in [-0.2, -0.15) is 0 Å². The van der Waals surface area contributed by atoms with Crippen molar-refractivity contribution in [3.63, 3.8) is 0 Å². The summed E-state index contributed by atoms with van der Waals surface area (Å²) in [6, 6.07) is 0. The van der Waals surface area contributed by atoms with Crippen LogP contribution in [-0.4, -0.2) is 17.5 Å². The summed E-state index contributed by atoms with van der Waals surface area (Å²) in [6.07, 6.45) is 3.90. The molecule has 0 atom stereocenters. The summed E-state index contributed by atoms with van der Waals surface area (Å²) in [5.41, 5.74) is 0.968. The van der Waals surface area contributed by atoms with Gasteiger partial charge in [-0.1, -0.05) is 13.8 Å². The van der Waals surface area contributed by atoms with E-state index in [9.17, 15) is 0 Å². The number of aromatic nitrogens is 1. The maximum Gasteiger partial charge on any atom is 0.125 e. The summed E-state index contributed by atoms with van der Waals surface area (Å²) >= 11 is 7.42. The van der Waals surface area contributed by atoms with Gasteiger partial charge < -0.3 is 4.74 Å². The molecule has 98 valence electrons. The number of ether oxygens (including phenoxy) is 1. The SMILES string of the molecule is CCOC(CC)(CC)c1nc(CCCCl)cs1. The predicted octanol–water partition coefficient (Wildman–Crippen LogP) is 4.37. The first-order chi connectivity index (χ1) is 8.22. The van der Waals surface area contributed by atoms with E-state index < -0.39 is 0 Å². The molecule has 2 nitrogen and oxygen atoms in total. The van der Waals surface area contributed by atoms with Crippen molar-refractivity contribution in [1.29, 1.82) is 0 Å². The fourth-order valence-corrected chi connectivity index (χ4v) is 3.26. The van der Waals surface area contributed by atoms with Crippen LogP contribution in [0.15, 0.2) is 5.38 Å². The summed E-state index contributed by atoms with van der Waals surface area (Å²) in [5, 5.41) is 3.26. The highest BCUT2D eigenvalue weighted by Gasteiger charge is 2.32. The Balaban J connectivity index is 2.83. The molecule has 0 saturated carbocycles. The van der Waals surface area contributed by atoms with Gasteiger partial charge >= 0.3 is 0 Å². The molecule has 0 aliphatic heterocycles. The van der Waals surface area contributed by atoms with Gasteiger partial charge in [0.15, 0.2) is 0 Å². The molecular weight excluding hydrogens is 254 g/mol. The molecule has 0 unspecified atom stereocenters. The average Bonchev–Trinajstić information content (AvgIpc) is 2.83. The van der Waals surface area contributed by atoms with Gasteiger partial charge in [0.25, 0.3) is 0 Å². The molecule has 1 rings (SSSR count). The zero-order valence-electron chi connectivity index (χ0n) is 11.0. The maximum absolute atomic E-state index is 5.95. The Morgan fingerprint density at radius 1 is 1.35 bits per heavy atom. The summed E-state index contributed by atoms with van der Waals surface area (Å²) in [5.74, 6) is 0.699. The summed E-state index contributed by atoms with van der Waals surface area (Å²) in [7, 11) is 0. The van der Waals surface area contributed by atoms with E-state index in [1.54, 1.807) is 11.3 Å². The van der Waals surface area contributed by atoms with Crippen molar-refractivity contribution in [2.75, 3.05) is 12.5 Å². The molecule has 1 aromatic heterocycles. The van der Waals surface area contributed by atoms with Gasteiger partial charge in [-0.3, -0.25) is 0 Å². The lowest BCUT2D eigenvalue weighted by atomic mass is 9.98. The highest BCUT2D eigenvalue weighted by atomic mass is 35.5. The molecule has 0 radical (unpaired) electrons. The zero-order chi connectivity index (χ0) is 12.7. The van der Waals surface area contributed by atoms with Crippen molar-refractivity contribution in [1.82, 2.24) is 4.98 Å². The molecule has 0 amide bonds. The lowest BCUT2D eigenvalue weighted by molar-refractivity contribution is -0.0507. The van der Waals surface area contributed by atoms with Crippen molar-refractivity contribution in [3.8, 4) is 0 Å². The largest absolute Gasteiger partial charge is 0.368 e. The van der Waals surface area contributed by atoms with Crippen LogP contribution in [0.4, 0.5) is 0 Å². The predicted molar refractivity (Wildman–Crippen MR) is 75.0 cm³/mol. The standard InChI is InChI=1S/C13H22ClNOS/c1-4-13(5-2,16-6-3)12-15-11(10-17-12)8-7-9-14/h10H,4-9H2,1-3H3. The first-order valence-electron chi connectivity index (χ1n) is 6.37. The molecule has 0 aliphatic rings. The van der Waals surface area contributed by atoms with Gasteiger partial charge in [-0.25, -0.2) is 4.98 Å². The minimum absolute atomic E-state index is 0.182. The minimum Gasteiger partial charge on any atom is -0.368 e. The van der Waals surface area contributed by atoms with Crippen molar-refractivity contribution >= 4 is 22.9 Å². The van der Waals surface area contributed by atoms with Crippen LogP contribution in [0, 0.1) is 0 Å². The van der Waals surface area contributed by atoms with Crippen LogP contribution in [0.3, 0.4) is 0 Å². The summed E-state index contributed by atoms with van der Waals surface area (Å²) in [4.78, 5) is 4.72. The van der Waals surface area contributed by atoms with Crippen LogP contribution >= 0.6 is 22.9 Å². The van der Waals surface area contributed by atoms with Crippen molar-refractivity contribution in [3.05, 3.63) is 16.1 Å². The third kappa shape index (κ3) is 3.67. The van der Waals surface area contributed by atoms with E-state index in [4.69, 9.17) is 21.3 Å². The fraction of sp³-hybridized carbons (Fsp3) is 0.769. The van der Waals surface area contributed by atoms with Crippen molar-refractivity contribution in [2.24, 2.45) is 0 Å². The Hall–Kier alpha value is -0.120. The van der Waals surface area contributed by atoms with Crippen molar-refractivity contribution in [2.45, 2.75) is 52.1 Å². The quantitative estimate of drug-likeness (QED) is 0.658. The van der Waals surface area contributed by atoms with Crippen LogP contribution in [0.5, 0.6) is 0 Å². The molecule has 0 aromatic carbocycles. The Morgan fingerprint density at radius 2 is 2.06 bits per heavy atom. The van der Waals surface area contributed by atoms with Crippen LogP contribution in [0.2, 0.25) is 0 Å². The molecular formula is C13H22ClNOS. The van der Waals surface area contributed by atoms with Crippen LogP contribution in [0.1, 0.15) is 50.7 Å². The van der Waals surface area contributed by atoms with Gasteiger partial charge in [-0.05, 0) is 32.6 Å². The molecule has 0 bridgehead atoms. The highest BCUT2D eigenvalue weighted by molar-refractivity contribution is 7.09. The Bertz CT molecular complexity index is 323. The van der Waals surface area contributed by atoms with Gasteiger partial charge in [0.2, 0.25) is 0 Å². The monoisotopic (exact) mass is 275 g/mol. The van der Waals surface area contributed by atoms with E-state index in [2.05, 4.69) is 19.2 Å². The van der Waals surface area contributed by atoms with E-state index in [1.165, 1.54) is 0 Å². The number of alkyl halides is 1. The second kappa shape index (κ2) is 7.34. The topological polar surface area (TPSA) is 22.1 Å². The average molecular weight is 276 g/mol. The number of nitrogens with zero attached hydrogens (tertiary/aromatic N) is 1. The van der Waals surface area contributed by atoms with E-state index in [-0.39, 0.29) is 5.60 Å². The highest BCUT2D eigenvalue weighted by Crippen LogP contribution is 2.35. The van der Waals surface area contributed by atoms with Gasteiger partial charge in [0, 0.05) is 17.9 Å². The Morgan fingerprint density at radius 3 is 2.59 bits per heavy atom. The Kier molecular flexibility index (Phi) is 6.45. The van der Waals surface area contributed by atoms with Gasteiger partial charge in [0.05, 0.1) is 5.69 Å². The second-order valence-corrected chi connectivity index (χ2v) is 5.31. The van der Waals surface area contributed by atoms with Gasteiger partial charge in [0.1, 0.15) is 10.6 Å². The van der Waals surface area contributed by atoms with E-state index in [0.29, 0.717) is 5.88 Å². The van der Waals surface area contributed by atoms with Crippen LogP contribution < -0.4 is 0 Å². The molecule has 0 saturated heterocycles. The molecule has 1 aromatic rings. The molecule has 1 heterocycles. The number of halogens is 1. The lowest BCUT2D eigenvalue weighted by Gasteiger charge is -2.29. The third-order valence-corrected chi connectivity index (χ3v) is 4.41. The summed E-state index contributed by atoms with van der Waals surface area (Å²) in [6.45, 7) is 7.11. The number of rotatable bonds is 8. The molecule has 0 aliphatic carbocycles. The summed E-state index contributed by atoms with van der Waals surface area (Å²) < 4.78 is 5.95. The van der Waals surface area contributed by atoms with Gasteiger partial charge in [-0.15, -0.1) is 22.9 Å². The number of aryl methyl sites for hydroxylation is 1. The molecule has 4 heteroatoms. The number of hydrogen-bond donors (Lipinski definition) is 0. The maximum atomic E-state index is 5.95.